The van der Waals surface area contributed by atoms with E-state index >= 15 is 0 Å². The fourth-order valence-corrected chi connectivity index (χ4v) is 2.00. The molecule has 0 bridgehead atoms. The number of likely N-dealkylation sites (N-methyl/N-ethyl adjacent to an activating group) is 1. The lowest BCUT2D eigenvalue weighted by atomic mass is 10.1. The number of hydrogen-bond donors (Lipinski definition) is 1. The van der Waals surface area contributed by atoms with Gasteiger partial charge in [0.25, 0.3) is 0 Å². The monoisotopic (exact) mass is 234 g/mol. The number of anilines is 1. The molecular formula is C15H26N2. The summed E-state index contributed by atoms with van der Waals surface area (Å²) in [5.41, 5.74) is 1.34. The molecule has 1 N–H and O–H groups in total. The summed E-state index contributed by atoms with van der Waals surface area (Å²) in [6.45, 7) is 6.73. The molecule has 0 aliphatic carbocycles. The summed E-state index contributed by atoms with van der Waals surface area (Å²) >= 11 is 0. The SMILES string of the molecule is CCCCN(CC(CC)NC)c1ccccc1. The second-order valence-electron chi connectivity index (χ2n) is 4.53. The number of unbranched alkanes of at least 4 members (excludes halogenated alkanes) is 1. The second-order valence-corrected chi connectivity index (χ2v) is 4.53. The van der Waals surface area contributed by atoms with Crippen molar-refractivity contribution in [1.29, 1.82) is 0 Å². The van der Waals surface area contributed by atoms with E-state index in [1.54, 1.807) is 0 Å². The molecule has 1 aromatic rings. The van der Waals surface area contributed by atoms with Crippen LogP contribution in [0.15, 0.2) is 30.3 Å². The molecule has 0 radical (unpaired) electrons. The van der Waals surface area contributed by atoms with Crippen LogP contribution in [-0.4, -0.2) is 26.2 Å². The van der Waals surface area contributed by atoms with Gasteiger partial charge in [-0.3, -0.25) is 0 Å². The first-order valence-corrected chi connectivity index (χ1v) is 6.79. The van der Waals surface area contributed by atoms with Gasteiger partial charge in [-0.2, -0.15) is 0 Å². The van der Waals surface area contributed by atoms with Crippen LogP contribution < -0.4 is 10.2 Å². The standard InChI is InChI=1S/C15H26N2/c1-4-6-12-17(13-14(5-2)16-3)15-10-8-7-9-11-15/h7-11,14,16H,4-6,12-13H2,1-3H3. The Morgan fingerprint density at radius 1 is 1.18 bits per heavy atom. The van der Waals surface area contributed by atoms with E-state index in [1.165, 1.54) is 24.9 Å². The second kappa shape index (κ2) is 8.13. The summed E-state index contributed by atoms with van der Waals surface area (Å²) in [4.78, 5) is 2.49. The molecule has 2 nitrogen and oxygen atoms in total. The zero-order valence-corrected chi connectivity index (χ0v) is 11.4. The van der Waals surface area contributed by atoms with Crippen molar-refractivity contribution in [2.45, 2.75) is 39.2 Å². The zero-order valence-electron chi connectivity index (χ0n) is 11.4. The van der Waals surface area contributed by atoms with Gasteiger partial charge in [0.15, 0.2) is 0 Å². The van der Waals surface area contributed by atoms with Crippen LogP contribution in [0.2, 0.25) is 0 Å². The van der Waals surface area contributed by atoms with Crippen LogP contribution in [0.25, 0.3) is 0 Å². The molecule has 0 fully saturated rings. The maximum atomic E-state index is 3.39. The lowest BCUT2D eigenvalue weighted by Crippen LogP contribution is -2.39. The molecule has 1 atom stereocenters. The molecule has 17 heavy (non-hydrogen) atoms. The molecule has 0 spiro atoms. The number of para-hydroxylation sites is 1. The highest BCUT2D eigenvalue weighted by Crippen LogP contribution is 2.15. The van der Waals surface area contributed by atoms with E-state index in [2.05, 4.69) is 61.4 Å². The van der Waals surface area contributed by atoms with Gasteiger partial charge in [0, 0.05) is 24.8 Å². The van der Waals surface area contributed by atoms with Crippen LogP contribution in [0.3, 0.4) is 0 Å². The van der Waals surface area contributed by atoms with Gasteiger partial charge in [-0.25, -0.2) is 0 Å². The van der Waals surface area contributed by atoms with Crippen molar-refractivity contribution in [3.8, 4) is 0 Å². The van der Waals surface area contributed by atoms with Crippen molar-refractivity contribution in [1.82, 2.24) is 5.32 Å². The summed E-state index contributed by atoms with van der Waals surface area (Å²) in [7, 11) is 2.05. The Labute approximate surface area is 106 Å². The molecule has 1 unspecified atom stereocenters. The minimum absolute atomic E-state index is 0.576. The summed E-state index contributed by atoms with van der Waals surface area (Å²) in [6.07, 6.45) is 3.68. The first-order valence-electron chi connectivity index (χ1n) is 6.79. The van der Waals surface area contributed by atoms with E-state index < -0.39 is 0 Å². The Morgan fingerprint density at radius 2 is 1.88 bits per heavy atom. The third kappa shape index (κ3) is 4.78. The molecular weight excluding hydrogens is 208 g/mol. The normalized spacial score (nSPS) is 12.4. The van der Waals surface area contributed by atoms with Gasteiger partial charge in [0.1, 0.15) is 0 Å². The summed E-state index contributed by atoms with van der Waals surface area (Å²) < 4.78 is 0. The third-order valence-corrected chi connectivity index (χ3v) is 3.24. The molecule has 1 rings (SSSR count). The van der Waals surface area contributed by atoms with Gasteiger partial charge in [-0.05, 0) is 32.0 Å². The Kier molecular flexibility index (Phi) is 6.71. The summed E-state index contributed by atoms with van der Waals surface area (Å²) in [5.74, 6) is 0. The average Bonchev–Trinajstić information content (AvgIpc) is 2.40. The predicted molar refractivity (Wildman–Crippen MR) is 76.7 cm³/mol. The summed E-state index contributed by atoms with van der Waals surface area (Å²) in [6, 6.07) is 11.3. The van der Waals surface area contributed by atoms with Crippen LogP contribution in [-0.2, 0) is 0 Å². The Morgan fingerprint density at radius 3 is 2.41 bits per heavy atom. The smallest absolute Gasteiger partial charge is 0.0366 e. The van der Waals surface area contributed by atoms with Crippen molar-refractivity contribution >= 4 is 5.69 Å². The molecule has 0 amide bonds. The lowest BCUT2D eigenvalue weighted by molar-refractivity contribution is 0.526. The van der Waals surface area contributed by atoms with Crippen LogP contribution in [0.1, 0.15) is 33.1 Å². The Bertz CT molecular complexity index is 280. The van der Waals surface area contributed by atoms with E-state index in [4.69, 9.17) is 0 Å². The van der Waals surface area contributed by atoms with E-state index in [9.17, 15) is 0 Å². The van der Waals surface area contributed by atoms with Crippen molar-refractivity contribution in [3.63, 3.8) is 0 Å². The number of nitrogens with one attached hydrogen (secondary N) is 1. The average molecular weight is 234 g/mol. The highest BCUT2D eigenvalue weighted by molar-refractivity contribution is 5.46. The van der Waals surface area contributed by atoms with Gasteiger partial charge < -0.3 is 10.2 Å². The van der Waals surface area contributed by atoms with E-state index in [-0.39, 0.29) is 0 Å². The molecule has 0 aliphatic rings. The highest BCUT2D eigenvalue weighted by atomic mass is 15.1. The van der Waals surface area contributed by atoms with E-state index in [0.29, 0.717) is 6.04 Å². The quantitative estimate of drug-likeness (QED) is 0.742. The fourth-order valence-electron chi connectivity index (χ4n) is 2.00. The minimum atomic E-state index is 0.576. The molecule has 96 valence electrons. The van der Waals surface area contributed by atoms with Crippen LogP contribution >= 0.6 is 0 Å². The lowest BCUT2D eigenvalue weighted by Gasteiger charge is -2.29. The van der Waals surface area contributed by atoms with Gasteiger partial charge in [0.05, 0.1) is 0 Å². The molecule has 1 aromatic carbocycles. The number of benzene rings is 1. The topological polar surface area (TPSA) is 15.3 Å². The van der Waals surface area contributed by atoms with Gasteiger partial charge >= 0.3 is 0 Å². The Hall–Kier alpha value is -1.02. The van der Waals surface area contributed by atoms with Crippen molar-refractivity contribution in [3.05, 3.63) is 30.3 Å². The number of nitrogens with zero attached hydrogens (tertiary/aromatic N) is 1. The molecule has 0 saturated carbocycles. The van der Waals surface area contributed by atoms with Gasteiger partial charge in [0.2, 0.25) is 0 Å². The Balaban J connectivity index is 2.66. The maximum absolute atomic E-state index is 3.39. The van der Waals surface area contributed by atoms with Crippen molar-refractivity contribution < 1.29 is 0 Å². The number of rotatable bonds is 8. The summed E-state index contributed by atoms with van der Waals surface area (Å²) in [5, 5.41) is 3.39. The first-order chi connectivity index (χ1) is 8.31. The van der Waals surface area contributed by atoms with Crippen LogP contribution in [0, 0.1) is 0 Å². The molecule has 2 heteroatoms. The van der Waals surface area contributed by atoms with E-state index in [0.717, 1.165) is 13.1 Å². The molecule has 0 aliphatic heterocycles. The largest absolute Gasteiger partial charge is 0.370 e. The third-order valence-electron chi connectivity index (χ3n) is 3.24. The molecule has 0 saturated heterocycles. The maximum Gasteiger partial charge on any atom is 0.0366 e. The molecule has 0 heterocycles. The van der Waals surface area contributed by atoms with Crippen LogP contribution in [0.5, 0.6) is 0 Å². The number of hydrogen-bond acceptors (Lipinski definition) is 2. The highest BCUT2D eigenvalue weighted by Gasteiger charge is 2.11. The van der Waals surface area contributed by atoms with Gasteiger partial charge in [-0.15, -0.1) is 0 Å². The molecule has 0 aromatic heterocycles. The van der Waals surface area contributed by atoms with Crippen molar-refractivity contribution in [2.24, 2.45) is 0 Å². The minimum Gasteiger partial charge on any atom is -0.370 e. The zero-order chi connectivity index (χ0) is 12.5. The van der Waals surface area contributed by atoms with Crippen molar-refractivity contribution in [2.75, 3.05) is 25.0 Å². The predicted octanol–water partition coefficient (Wildman–Crippen LogP) is 3.29. The fraction of sp³-hybridized carbons (Fsp3) is 0.600. The first kappa shape index (κ1) is 14.0. The van der Waals surface area contributed by atoms with E-state index in [1.807, 2.05) is 0 Å². The van der Waals surface area contributed by atoms with Gasteiger partial charge in [-0.1, -0.05) is 38.5 Å². The van der Waals surface area contributed by atoms with Crippen LogP contribution in [0.4, 0.5) is 5.69 Å².